The minimum atomic E-state index is -0.411. The first-order valence-corrected chi connectivity index (χ1v) is 8.09. The van der Waals surface area contributed by atoms with E-state index in [0.29, 0.717) is 28.5 Å². The third-order valence-electron chi connectivity index (χ3n) is 3.98. The van der Waals surface area contributed by atoms with E-state index in [1.165, 1.54) is 6.07 Å². The molecule has 1 atom stereocenters. The molecule has 1 aliphatic rings. The molecule has 8 nitrogen and oxygen atoms in total. The number of nitrogens with one attached hydrogen (secondary N) is 1. The first-order chi connectivity index (χ1) is 11.5. The number of aromatic nitrogens is 3. The molecule has 2 aromatic rings. The summed E-state index contributed by atoms with van der Waals surface area (Å²) in [4.78, 5) is 10.4. The number of nitro groups is 1. The molecule has 128 valence electrons. The van der Waals surface area contributed by atoms with Gasteiger partial charge in [-0.05, 0) is 44.1 Å². The van der Waals surface area contributed by atoms with Crippen molar-refractivity contribution in [2.75, 3.05) is 6.61 Å². The largest absolute Gasteiger partial charge is 0.486 e. The topological polar surface area (TPSA) is 95.2 Å². The molecule has 1 aromatic heterocycles. The lowest BCUT2D eigenvalue weighted by molar-refractivity contribution is -0.385. The van der Waals surface area contributed by atoms with Crippen LogP contribution in [0.1, 0.15) is 24.2 Å². The molecular weight excluding hydrogens is 332 g/mol. The van der Waals surface area contributed by atoms with Crippen LogP contribution in [-0.2, 0) is 17.9 Å². The van der Waals surface area contributed by atoms with Gasteiger partial charge in [-0.25, -0.2) is 0 Å². The van der Waals surface area contributed by atoms with Crippen molar-refractivity contribution in [3.63, 3.8) is 0 Å². The van der Waals surface area contributed by atoms with Crippen molar-refractivity contribution < 1.29 is 14.4 Å². The Bertz CT molecular complexity index is 795. The number of ether oxygens (including phenoxy) is 2. The fourth-order valence-corrected chi connectivity index (χ4v) is 2.94. The predicted molar refractivity (Wildman–Crippen MR) is 88.6 cm³/mol. The lowest BCUT2D eigenvalue weighted by Crippen LogP contribution is -2.18. The Kier molecular flexibility index (Phi) is 4.91. The number of hydrogen-bond acceptors (Lipinski definition) is 6. The van der Waals surface area contributed by atoms with Crippen LogP contribution < -0.4 is 4.74 Å². The number of aryl methyl sites for hydroxylation is 1. The molecule has 0 radical (unpaired) electrons. The van der Waals surface area contributed by atoms with E-state index < -0.39 is 4.92 Å². The van der Waals surface area contributed by atoms with Crippen molar-refractivity contribution in [1.29, 1.82) is 0 Å². The summed E-state index contributed by atoms with van der Waals surface area (Å²) in [5.74, 6) is 1.22. The SMILES string of the molecule is Cc1cc(OCc2n[nH]c(=S)n2C[C@@H]2CCCO2)ccc1[N+](=O)[O-]. The minimum Gasteiger partial charge on any atom is -0.486 e. The Balaban J connectivity index is 1.69. The van der Waals surface area contributed by atoms with E-state index in [0.717, 1.165) is 19.4 Å². The van der Waals surface area contributed by atoms with Gasteiger partial charge in [0.25, 0.3) is 5.69 Å². The third-order valence-corrected chi connectivity index (χ3v) is 4.29. The number of nitrogens with zero attached hydrogens (tertiary/aromatic N) is 3. The first-order valence-electron chi connectivity index (χ1n) is 7.68. The second-order valence-corrected chi connectivity index (χ2v) is 6.07. The van der Waals surface area contributed by atoms with Gasteiger partial charge in [0, 0.05) is 18.2 Å². The molecule has 0 spiro atoms. The van der Waals surface area contributed by atoms with E-state index in [1.807, 2.05) is 4.57 Å². The van der Waals surface area contributed by atoms with Gasteiger partial charge in [-0.3, -0.25) is 19.8 Å². The molecule has 2 heterocycles. The highest BCUT2D eigenvalue weighted by atomic mass is 32.1. The van der Waals surface area contributed by atoms with Crippen molar-refractivity contribution in [2.45, 2.75) is 39.0 Å². The average Bonchev–Trinajstić information content (AvgIpc) is 3.17. The molecule has 1 fully saturated rings. The lowest BCUT2D eigenvalue weighted by atomic mass is 10.2. The Morgan fingerprint density at radius 2 is 2.42 bits per heavy atom. The molecule has 1 saturated heterocycles. The summed E-state index contributed by atoms with van der Waals surface area (Å²) in [7, 11) is 0. The van der Waals surface area contributed by atoms with Gasteiger partial charge in [0.15, 0.2) is 10.6 Å². The zero-order chi connectivity index (χ0) is 17.1. The van der Waals surface area contributed by atoms with Gasteiger partial charge < -0.3 is 9.47 Å². The summed E-state index contributed by atoms with van der Waals surface area (Å²) in [6.45, 7) is 3.33. The maximum Gasteiger partial charge on any atom is 0.272 e. The van der Waals surface area contributed by atoms with Gasteiger partial charge in [0.05, 0.1) is 17.6 Å². The highest BCUT2D eigenvalue weighted by molar-refractivity contribution is 7.71. The number of H-pyrrole nitrogens is 1. The molecule has 24 heavy (non-hydrogen) atoms. The molecular formula is C15H18N4O4S. The Morgan fingerprint density at radius 1 is 1.58 bits per heavy atom. The Hall–Kier alpha value is -2.26. The summed E-state index contributed by atoms with van der Waals surface area (Å²) in [5, 5.41) is 17.8. The van der Waals surface area contributed by atoms with E-state index in [2.05, 4.69) is 10.2 Å². The molecule has 9 heteroatoms. The molecule has 0 unspecified atom stereocenters. The molecule has 1 N–H and O–H groups in total. The van der Waals surface area contributed by atoms with Crippen LogP contribution in [0.4, 0.5) is 5.69 Å². The van der Waals surface area contributed by atoms with Crippen molar-refractivity contribution >= 4 is 17.9 Å². The van der Waals surface area contributed by atoms with Gasteiger partial charge in [0.2, 0.25) is 0 Å². The summed E-state index contributed by atoms with van der Waals surface area (Å²) < 4.78 is 13.8. The number of hydrogen-bond donors (Lipinski definition) is 1. The number of nitro benzene ring substituents is 1. The maximum absolute atomic E-state index is 10.8. The van der Waals surface area contributed by atoms with Gasteiger partial charge in [-0.15, -0.1) is 0 Å². The van der Waals surface area contributed by atoms with Crippen molar-refractivity contribution in [3.8, 4) is 5.75 Å². The molecule has 0 aliphatic carbocycles. The molecule has 0 saturated carbocycles. The Morgan fingerprint density at radius 3 is 3.08 bits per heavy atom. The van der Waals surface area contributed by atoms with Crippen molar-refractivity contribution in [1.82, 2.24) is 14.8 Å². The second kappa shape index (κ2) is 7.10. The summed E-state index contributed by atoms with van der Waals surface area (Å²) in [6.07, 6.45) is 2.22. The normalized spacial score (nSPS) is 17.1. The lowest BCUT2D eigenvalue weighted by Gasteiger charge is -2.13. The van der Waals surface area contributed by atoms with Crippen molar-refractivity contribution in [3.05, 3.63) is 44.5 Å². The summed E-state index contributed by atoms with van der Waals surface area (Å²) >= 11 is 5.26. The van der Waals surface area contributed by atoms with Crippen LogP contribution in [0.5, 0.6) is 5.75 Å². The van der Waals surface area contributed by atoms with Gasteiger partial charge in [-0.1, -0.05) is 0 Å². The molecule has 3 rings (SSSR count). The number of aromatic amines is 1. The number of rotatable bonds is 6. The van der Waals surface area contributed by atoms with Crippen LogP contribution in [0.15, 0.2) is 18.2 Å². The molecule has 1 aliphatic heterocycles. The highest BCUT2D eigenvalue weighted by Gasteiger charge is 2.19. The smallest absolute Gasteiger partial charge is 0.272 e. The molecule has 0 bridgehead atoms. The fraction of sp³-hybridized carbons (Fsp3) is 0.467. The van der Waals surface area contributed by atoms with Gasteiger partial charge >= 0.3 is 0 Å². The van der Waals surface area contributed by atoms with Gasteiger partial charge in [-0.2, -0.15) is 5.10 Å². The minimum absolute atomic E-state index is 0.0726. The molecule has 1 aromatic carbocycles. The van der Waals surface area contributed by atoms with E-state index in [4.69, 9.17) is 21.7 Å². The monoisotopic (exact) mass is 350 g/mol. The highest BCUT2D eigenvalue weighted by Crippen LogP contribution is 2.23. The molecule has 0 amide bonds. The quantitative estimate of drug-likeness (QED) is 0.489. The van der Waals surface area contributed by atoms with Crippen molar-refractivity contribution in [2.24, 2.45) is 0 Å². The third kappa shape index (κ3) is 3.62. The van der Waals surface area contributed by atoms with Crippen LogP contribution in [-0.4, -0.2) is 32.4 Å². The standard InChI is InChI=1S/C15H18N4O4S/c1-10-7-11(4-5-13(10)19(20)21)23-9-14-16-17-15(24)18(14)8-12-3-2-6-22-12/h4-5,7,12H,2-3,6,8-9H2,1H3,(H,17,24)/t12-/m0/s1. The van der Waals surface area contributed by atoms with Crippen LogP contribution in [0.2, 0.25) is 0 Å². The summed E-state index contributed by atoms with van der Waals surface area (Å²) in [5.41, 5.74) is 0.624. The Labute approximate surface area is 143 Å². The summed E-state index contributed by atoms with van der Waals surface area (Å²) in [6, 6.07) is 4.66. The van der Waals surface area contributed by atoms with Crippen LogP contribution in [0, 0.1) is 21.8 Å². The first kappa shape index (κ1) is 16.6. The van der Waals surface area contributed by atoms with Crippen LogP contribution in [0.25, 0.3) is 0 Å². The average molecular weight is 350 g/mol. The zero-order valence-electron chi connectivity index (χ0n) is 13.2. The van der Waals surface area contributed by atoms with E-state index in [-0.39, 0.29) is 18.4 Å². The predicted octanol–water partition coefficient (Wildman–Crippen LogP) is 2.92. The maximum atomic E-state index is 10.8. The van der Waals surface area contributed by atoms with Crippen LogP contribution >= 0.6 is 12.2 Å². The van der Waals surface area contributed by atoms with E-state index in [1.54, 1.807) is 19.1 Å². The zero-order valence-corrected chi connectivity index (χ0v) is 14.0. The van der Waals surface area contributed by atoms with E-state index in [9.17, 15) is 10.1 Å². The second-order valence-electron chi connectivity index (χ2n) is 5.68. The van der Waals surface area contributed by atoms with Crippen LogP contribution in [0.3, 0.4) is 0 Å². The van der Waals surface area contributed by atoms with E-state index >= 15 is 0 Å². The van der Waals surface area contributed by atoms with Gasteiger partial charge in [0.1, 0.15) is 12.4 Å². The fourth-order valence-electron chi connectivity index (χ4n) is 2.71. The number of benzene rings is 1.